The van der Waals surface area contributed by atoms with Crippen molar-refractivity contribution < 1.29 is 0 Å². The summed E-state index contributed by atoms with van der Waals surface area (Å²) in [6, 6.07) is 0. The molecule has 0 aliphatic rings. The molecule has 0 nitrogen and oxygen atoms in total. The van der Waals surface area contributed by atoms with E-state index in [0.717, 1.165) is 47.3 Å². The van der Waals surface area contributed by atoms with Gasteiger partial charge < -0.3 is 0 Å². The van der Waals surface area contributed by atoms with Gasteiger partial charge in [0.05, 0.1) is 0 Å². The second kappa shape index (κ2) is 23.4. The van der Waals surface area contributed by atoms with Gasteiger partial charge in [-0.15, -0.1) is 0 Å². The van der Waals surface area contributed by atoms with Crippen molar-refractivity contribution in [2.75, 3.05) is 0 Å². The molecule has 0 saturated carbocycles. The van der Waals surface area contributed by atoms with Crippen LogP contribution < -0.4 is 0 Å². The minimum Gasteiger partial charge on any atom is -0.0628 e. The topological polar surface area (TPSA) is 0 Å². The molecule has 0 radical (unpaired) electrons. The van der Waals surface area contributed by atoms with Gasteiger partial charge in [-0.3, -0.25) is 0 Å². The molecule has 41 heavy (non-hydrogen) atoms. The quantitative estimate of drug-likeness (QED) is 0.113. The molecule has 0 aromatic rings. The molecule has 0 aromatic carbocycles. The molecule has 0 atom stereocenters. The Morgan fingerprint density at radius 3 is 0.683 bits per heavy atom. The van der Waals surface area contributed by atoms with Crippen LogP contribution >= 0.6 is 0 Å². The maximum atomic E-state index is 2.42. The fourth-order valence-corrected chi connectivity index (χ4v) is 6.95. The molecule has 0 aliphatic carbocycles. The lowest BCUT2D eigenvalue weighted by molar-refractivity contribution is 0.140. The molecule has 0 spiro atoms. The molecular weight excluding hydrogens is 492 g/mol. The summed E-state index contributed by atoms with van der Waals surface area (Å²) in [5, 5.41) is 0. The van der Waals surface area contributed by atoms with E-state index in [-0.39, 0.29) is 0 Å². The first-order valence-electron chi connectivity index (χ1n) is 18.8. The van der Waals surface area contributed by atoms with Crippen LogP contribution in [0.2, 0.25) is 0 Å². The average Bonchev–Trinajstić information content (AvgIpc) is 2.81. The minimum atomic E-state index is 0.618. The highest BCUT2D eigenvalue weighted by Gasteiger charge is 2.31. The molecule has 0 saturated heterocycles. The van der Waals surface area contributed by atoms with E-state index >= 15 is 0 Å². The van der Waals surface area contributed by atoms with Gasteiger partial charge in [0.1, 0.15) is 0 Å². The highest BCUT2D eigenvalue weighted by atomic mass is 14.4. The molecule has 0 amide bonds. The second-order valence-electron chi connectivity index (χ2n) is 18.1. The van der Waals surface area contributed by atoms with Crippen LogP contribution in [0.3, 0.4) is 0 Å². The minimum absolute atomic E-state index is 0.618. The van der Waals surface area contributed by atoms with Crippen molar-refractivity contribution in [3.8, 4) is 0 Å². The fourth-order valence-electron chi connectivity index (χ4n) is 6.95. The standard InChI is InChI=1S/C21H44.C20H42/c1-17(2)10-9-13-21(16-20(7)8,14-11-18(3)4)15-12-19(5)6;1-16(2)9-12-20(15-19(7)8,13-10-17(3)4)14-11-18(5)6/h17-20H,9-16H2,1-8H3;16-19H,9-15H2,1-8H3. The van der Waals surface area contributed by atoms with E-state index in [1.165, 1.54) is 96.3 Å². The molecule has 250 valence electrons. The molecule has 0 heteroatoms. The summed E-state index contributed by atoms with van der Waals surface area (Å²) in [5.74, 6) is 6.77. The highest BCUT2D eigenvalue weighted by molar-refractivity contribution is 4.83. The second-order valence-corrected chi connectivity index (χ2v) is 18.1. The fraction of sp³-hybridized carbons (Fsp3) is 1.00. The Morgan fingerprint density at radius 1 is 0.268 bits per heavy atom. The molecule has 0 bridgehead atoms. The average molecular weight is 579 g/mol. The summed E-state index contributed by atoms with van der Waals surface area (Å²) in [6.07, 6.45) is 21.4. The Bertz CT molecular complexity index is 515. The summed E-state index contributed by atoms with van der Waals surface area (Å²) >= 11 is 0. The maximum absolute atomic E-state index is 2.42. The number of hydrogen-bond acceptors (Lipinski definition) is 0. The van der Waals surface area contributed by atoms with Gasteiger partial charge in [0.15, 0.2) is 0 Å². The van der Waals surface area contributed by atoms with Gasteiger partial charge in [-0.05, 0) is 110 Å². The molecule has 0 rings (SSSR count). The van der Waals surface area contributed by atoms with Gasteiger partial charge >= 0.3 is 0 Å². The van der Waals surface area contributed by atoms with E-state index in [2.05, 4.69) is 111 Å². The number of rotatable bonds is 23. The van der Waals surface area contributed by atoms with Crippen molar-refractivity contribution >= 4 is 0 Å². The van der Waals surface area contributed by atoms with Crippen LogP contribution in [0, 0.1) is 58.2 Å². The van der Waals surface area contributed by atoms with Gasteiger partial charge in [0.25, 0.3) is 0 Å². The summed E-state index contributed by atoms with van der Waals surface area (Å²) < 4.78 is 0. The Labute approximate surface area is 264 Å². The van der Waals surface area contributed by atoms with Gasteiger partial charge in [0.2, 0.25) is 0 Å². The predicted molar refractivity (Wildman–Crippen MR) is 193 cm³/mol. The van der Waals surface area contributed by atoms with Crippen molar-refractivity contribution in [1.82, 2.24) is 0 Å². The summed E-state index contributed by atoms with van der Waals surface area (Å²) in [7, 11) is 0. The zero-order valence-corrected chi connectivity index (χ0v) is 32.2. The van der Waals surface area contributed by atoms with Gasteiger partial charge in [0, 0.05) is 0 Å². The van der Waals surface area contributed by atoms with Crippen LogP contribution in [0.1, 0.15) is 207 Å². The van der Waals surface area contributed by atoms with Gasteiger partial charge in [-0.2, -0.15) is 0 Å². The molecule has 0 unspecified atom stereocenters. The first kappa shape index (κ1) is 43.1. The van der Waals surface area contributed by atoms with E-state index in [1.54, 1.807) is 0 Å². The number of hydrogen-bond donors (Lipinski definition) is 0. The van der Waals surface area contributed by atoms with Crippen molar-refractivity contribution in [3.63, 3.8) is 0 Å². The third kappa shape index (κ3) is 26.1. The summed E-state index contributed by atoms with van der Waals surface area (Å²) in [5.41, 5.74) is 1.24. The third-order valence-corrected chi connectivity index (χ3v) is 9.43. The Hall–Kier alpha value is 0. The third-order valence-electron chi connectivity index (χ3n) is 9.43. The van der Waals surface area contributed by atoms with Crippen molar-refractivity contribution in [2.45, 2.75) is 207 Å². The molecule has 0 fully saturated rings. The molecule has 0 aliphatic heterocycles. The molecule has 0 aromatic heterocycles. The molecule has 0 heterocycles. The smallest absolute Gasteiger partial charge is 0.0295 e. The van der Waals surface area contributed by atoms with Crippen LogP contribution in [0.4, 0.5) is 0 Å². The Kier molecular flexibility index (Phi) is 24.6. The van der Waals surface area contributed by atoms with Crippen LogP contribution in [-0.2, 0) is 0 Å². The Balaban J connectivity index is 0. The van der Waals surface area contributed by atoms with Crippen LogP contribution in [0.15, 0.2) is 0 Å². The van der Waals surface area contributed by atoms with Crippen LogP contribution in [0.5, 0.6) is 0 Å². The molecule has 0 N–H and O–H groups in total. The monoisotopic (exact) mass is 579 g/mol. The van der Waals surface area contributed by atoms with E-state index in [4.69, 9.17) is 0 Å². The van der Waals surface area contributed by atoms with Crippen molar-refractivity contribution in [3.05, 3.63) is 0 Å². The maximum Gasteiger partial charge on any atom is -0.0295 e. The van der Waals surface area contributed by atoms with Crippen molar-refractivity contribution in [2.24, 2.45) is 58.2 Å². The van der Waals surface area contributed by atoms with Crippen LogP contribution in [-0.4, -0.2) is 0 Å². The van der Waals surface area contributed by atoms with E-state index < -0.39 is 0 Å². The zero-order chi connectivity index (χ0) is 32.2. The Morgan fingerprint density at radius 2 is 0.488 bits per heavy atom. The van der Waals surface area contributed by atoms with Gasteiger partial charge in [-0.25, -0.2) is 0 Å². The first-order valence-corrected chi connectivity index (χ1v) is 18.8. The highest BCUT2D eigenvalue weighted by Crippen LogP contribution is 2.44. The summed E-state index contributed by atoms with van der Waals surface area (Å²) in [4.78, 5) is 0. The summed E-state index contributed by atoms with van der Waals surface area (Å²) in [6.45, 7) is 38.2. The van der Waals surface area contributed by atoms with Gasteiger partial charge in [-0.1, -0.05) is 156 Å². The first-order chi connectivity index (χ1) is 18.8. The van der Waals surface area contributed by atoms with E-state index in [9.17, 15) is 0 Å². The lowest BCUT2D eigenvalue weighted by Gasteiger charge is -2.38. The lowest BCUT2D eigenvalue weighted by Crippen LogP contribution is -2.25. The molecular formula is C41H86. The lowest BCUT2D eigenvalue weighted by atomic mass is 9.68. The van der Waals surface area contributed by atoms with E-state index in [1.807, 2.05) is 0 Å². The van der Waals surface area contributed by atoms with Crippen molar-refractivity contribution in [1.29, 1.82) is 0 Å². The zero-order valence-electron chi connectivity index (χ0n) is 32.2. The predicted octanol–water partition coefficient (Wildman–Crippen LogP) is 15.0. The van der Waals surface area contributed by atoms with E-state index in [0.29, 0.717) is 10.8 Å². The largest absolute Gasteiger partial charge is 0.0628 e. The SMILES string of the molecule is CC(C)CCC(CCC(C)C)(CCC(C)C)CC(C)C.CC(C)CCCC(CCC(C)C)(CCC(C)C)CC(C)C. The van der Waals surface area contributed by atoms with Crippen LogP contribution in [0.25, 0.3) is 0 Å². The normalized spacial score (nSPS) is 13.2.